The largest absolute Gasteiger partial charge is 0.350 e. The summed E-state index contributed by atoms with van der Waals surface area (Å²) in [5, 5.41) is 6.96. The lowest BCUT2D eigenvalue weighted by molar-refractivity contribution is -0.121. The van der Waals surface area contributed by atoms with Crippen molar-refractivity contribution in [2.75, 3.05) is 0 Å². The second kappa shape index (κ2) is 5.84. The maximum Gasteiger partial charge on any atom is 0.350 e. The van der Waals surface area contributed by atoms with Crippen LogP contribution in [0, 0.1) is 0 Å². The Morgan fingerprint density at radius 3 is 2.91 bits per heavy atom. The number of pyridine rings is 1. The van der Waals surface area contributed by atoms with Crippen molar-refractivity contribution in [3.63, 3.8) is 0 Å². The van der Waals surface area contributed by atoms with Gasteiger partial charge in [0.25, 0.3) is 0 Å². The highest BCUT2D eigenvalue weighted by Gasteiger charge is 2.09. The summed E-state index contributed by atoms with van der Waals surface area (Å²) in [7, 11) is 1.87. The van der Waals surface area contributed by atoms with E-state index in [-0.39, 0.29) is 24.6 Å². The van der Waals surface area contributed by atoms with Crippen LogP contribution in [0.5, 0.6) is 0 Å². The van der Waals surface area contributed by atoms with E-state index >= 15 is 0 Å². The van der Waals surface area contributed by atoms with E-state index in [0.717, 1.165) is 5.82 Å². The minimum atomic E-state index is -0.243. The number of aromatic nitrogens is 5. The van der Waals surface area contributed by atoms with Crippen molar-refractivity contribution in [1.82, 2.24) is 29.0 Å². The monoisotopic (exact) mass is 300 g/mol. The van der Waals surface area contributed by atoms with Gasteiger partial charge in [0, 0.05) is 32.1 Å². The molecule has 0 aliphatic heterocycles. The van der Waals surface area contributed by atoms with Crippen molar-refractivity contribution < 1.29 is 4.79 Å². The van der Waals surface area contributed by atoms with Crippen LogP contribution in [-0.4, -0.2) is 29.6 Å². The van der Waals surface area contributed by atoms with Gasteiger partial charge in [0.05, 0.1) is 13.1 Å². The summed E-state index contributed by atoms with van der Waals surface area (Å²) in [6.07, 6.45) is 5.34. The van der Waals surface area contributed by atoms with E-state index in [1.807, 2.05) is 23.9 Å². The second-order valence-electron chi connectivity index (χ2n) is 4.92. The fraction of sp³-hybridized carbons (Fsp3) is 0.286. The lowest BCUT2D eigenvalue weighted by atomic mass is 10.4. The summed E-state index contributed by atoms with van der Waals surface area (Å²) < 4.78 is 4.59. The Balaban J connectivity index is 1.59. The Kier molecular flexibility index (Phi) is 3.73. The molecule has 0 aliphatic rings. The lowest BCUT2D eigenvalue weighted by Gasteiger charge is -2.05. The van der Waals surface area contributed by atoms with Crippen molar-refractivity contribution in [1.29, 1.82) is 0 Å². The molecule has 8 nitrogen and oxygen atoms in total. The van der Waals surface area contributed by atoms with Crippen molar-refractivity contribution in [3.05, 3.63) is 53.1 Å². The number of hydrogen-bond donors (Lipinski definition) is 1. The highest BCUT2D eigenvalue weighted by molar-refractivity contribution is 5.75. The van der Waals surface area contributed by atoms with Crippen LogP contribution in [0.2, 0.25) is 0 Å². The SMILES string of the molecule is Cn1ccnc1CNC(=O)CCn1nc2ccccn2c1=O. The van der Waals surface area contributed by atoms with Crippen LogP contribution in [0.15, 0.2) is 41.6 Å². The van der Waals surface area contributed by atoms with Gasteiger partial charge in [-0.1, -0.05) is 6.07 Å². The van der Waals surface area contributed by atoms with Crippen molar-refractivity contribution in [2.45, 2.75) is 19.5 Å². The van der Waals surface area contributed by atoms with E-state index in [9.17, 15) is 9.59 Å². The highest BCUT2D eigenvalue weighted by atomic mass is 16.2. The van der Waals surface area contributed by atoms with Crippen molar-refractivity contribution in [3.8, 4) is 0 Å². The Morgan fingerprint density at radius 1 is 1.32 bits per heavy atom. The van der Waals surface area contributed by atoms with E-state index in [4.69, 9.17) is 0 Å². The predicted molar refractivity (Wildman–Crippen MR) is 79.1 cm³/mol. The Bertz CT molecular complexity index is 859. The van der Waals surface area contributed by atoms with E-state index in [1.54, 1.807) is 24.5 Å². The van der Waals surface area contributed by atoms with Gasteiger partial charge < -0.3 is 9.88 Å². The molecular formula is C14H16N6O2. The molecule has 114 valence electrons. The van der Waals surface area contributed by atoms with Crippen molar-refractivity contribution >= 4 is 11.6 Å². The zero-order valence-electron chi connectivity index (χ0n) is 12.1. The van der Waals surface area contributed by atoms with Gasteiger partial charge in [-0.25, -0.2) is 14.5 Å². The highest BCUT2D eigenvalue weighted by Crippen LogP contribution is 1.97. The molecule has 0 spiro atoms. The molecule has 0 atom stereocenters. The van der Waals surface area contributed by atoms with E-state index in [2.05, 4.69) is 15.4 Å². The Morgan fingerprint density at radius 2 is 2.18 bits per heavy atom. The molecule has 0 saturated heterocycles. The summed E-state index contributed by atoms with van der Waals surface area (Å²) in [5.41, 5.74) is 0.327. The molecule has 0 unspecified atom stereocenters. The number of aryl methyl sites for hydroxylation is 2. The van der Waals surface area contributed by atoms with Crippen LogP contribution in [0.25, 0.3) is 5.65 Å². The Hall–Kier alpha value is -2.90. The number of hydrogen-bond acceptors (Lipinski definition) is 4. The lowest BCUT2D eigenvalue weighted by Crippen LogP contribution is -2.28. The smallest absolute Gasteiger partial charge is 0.349 e. The first-order valence-corrected chi connectivity index (χ1v) is 6.92. The maximum atomic E-state index is 12.0. The second-order valence-corrected chi connectivity index (χ2v) is 4.92. The van der Waals surface area contributed by atoms with Gasteiger partial charge in [0.2, 0.25) is 5.91 Å². The van der Waals surface area contributed by atoms with Gasteiger partial charge in [-0.2, -0.15) is 0 Å². The standard InChI is InChI=1S/C14H16N6O2/c1-18-9-6-15-12(18)10-16-13(21)5-8-20-14(22)19-7-3-2-4-11(19)17-20/h2-4,6-7,9H,5,8,10H2,1H3,(H,16,21). The van der Waals surface area contributed by atoms with Gasteiger partial charge in [0.1, 0.15) is 5.82 Å². The third-order valence-corrected chi connectivity index (χ3v) is 3.40. The number of amides is 1. The van der Waals surface area contributed by atoms with E-state index in [0.29, 0.717) is 12.2 Å². The number of fused-ring (bicyclic) bond motifs is 1. The molecule has 0 radical (unpaired) electrons. The molecule has 1 amide bonds. The number of nitrogens with zero attached hydrogens (tertiary/aromatic N) is 5. The molecule has 0 saturated carbocycles. The van der Waals surface area contributed by atoms with Gasteiger partial charge in [-0.3, -0.25) is 9.20 Å². The number of rotatable bonds is 5. The quantitative estimate of drug-likeness (QED) is 0.715. The van der Waals surface area contributed by atoms with Crippen molar-refractivity contribution in [2.24, 2.45) is 7.05 Å². The molecule has 0 bridgehead atoms. The minimum Gasteiger partial charge on any atom is -0.349 e. The molecular weight excluding hydrogens is 284 g/mol. The summed E-state index contributed by atoms with van der Waals surface area (Å²) in [5.74, 6) is 0.630. The zero-order valence-corrected chi connectivity index (χ0v) is 12.1. The average Bonchev–Trinajstić information content (AvgIpc) is 3.07. The molecule has 3 aromatic rings. The third kappa shape index (κ3) is 2.76. The molecule has 1 N–H and O–H groups in total. The molecule has 0 fully saturated rings. The summed E-state index contributed by atoms with van der Waals surface area (Å²) in [6, 6.07) is 5.32. The summed E-state index contributed by atoms with van der Waals surface area (Å²) >= 11 is 0. The molecule has 0 aliphatic carbocycles. The van der Waals surface area contributed by atoms with Gasteiger partial charge >= 0.3 is 5.69 Å². The minimum absolute atomic E-state index is 0.146. The van der Waals surface area contributed by atoms with Gasteiger partial charge in [-0.15, -0.1) is 5.10 Å². The average molecular weight is 300 g/mol. The van der Waals surface area contributed by atoms with Crippen LogP contribution in [0.1, 0.15) is 12.2 Å². The van der Waals surface area contributed by atoms with Crippen LogP contribution >= 0.6 is 0 Å². The normalized spacial score (nSPS) is 11.0. The van der Waals surface area contributed by atoms with Crippen LogP contribution in [0.4, 0.5) is 0 Å². The number of carbonyl (C=O) groups excluding carboxylic acids is 1. The Labute approximate surface area is 126 Å². The first kappa shape index (κ1) is 14.1. The van der Waals surface area contributed by atoms with E-state index in [1.165, 1.54) is 9.08 Å². The van der Waals surface area contributed by atoms with Crippen LogP contribution in [0.3, 0.4) is 0 Å². The first-order chi connectivity index (χ1) is 10.6. The fourth-order valence-corrected chi connectivity index (χ4v) is 2.15. The van der Waals surface area contributed by atoms with Gasteiger partial charge in [-0.05, 0) is 12.1 Å². The predicted octanol–water partition coefficient (Wildman–Crippen LogP) is -0.0640. The number of imidazole rings is 1. The fourth-order valence-electron chi connectivity index (χ4n) is 2.15. The summed E-state index contributed by atoms with van der Waals surface area (Å²) in [6.45, 7) is 0.606. The maximum absolute atomic E-state index is 12.0. The topological polar surface area (TPSA) is 86.2 Å². The third-order valence-electron chi connectivity index (χ3n) is 3.40. The van der Waals surface area contributed by atoms with Crippen LogP contribution in [-0.2, 0) is 24.9 Å². The van der Waals surface area contributed by atoms with Gasteiger partial charge in [0.15, 0.2) is 5.65 Å². The summed E-state index contributed by atoms with van der Waals surface area (Å²) in [4.78, 5) is 28.0. The molecule has 3 heterocycles. The number of nitrogens with one attached hydrogen (secondary N) is 1. The molecule has 3 rings (SSSR count). The zero-order chi connectivity index (χ0) is 15.5. The van der Waals surface area contributed by atoms with E-state index < -0.39 is 0 Å². The molecule has 22 heavy (non-hydrogen) atoms. The molecule has 0 aromatic carbocycles. The number of carbonyl (C=O) groups is 1. The first-order valence-electron chi connectivity index (χ1n) is 6.92. The molecule has 3 aromatic heterocycles. The van der Waals surface area contributed by atoms with Crippen LogP contribution < -0.4 is 11.0 Å². The molecule has 8 heteroatoms.